The lowest BCUT2D eigenvalue weighted by Crippen LogP contribution is -2.35. The summed E-state index contributed by atoms with van der Waals surface area (Å²) >= 11 is 2.08. The lowest BCUT2D eigenvalue weighted by Gasteiger charge is -2.29. The lowest BCUT2D eigenvalue weighted by molar-refractivity contribution is 0.0831. The van der Waals surface area contributed by atoms with Crippen LogP contribution in [0.15, 0.2) is 6.07 Å². The maximum Gasteiger partial charge on any atom is 0.281 e. The number of amides is 1. The molecule has 0 spiro atoms. The van der Waals surface area contributed by atoms with E-state index in [0.717, 1.165) is 25.7 Å². The molecular formula is C15H15B3IN5O. The van der Waals surface area contributed by atoms with Crippen LogP contribution in [0, 0.1) is 6.92 Å². The molecule has 2 aromatic heterocycles. The molecule has 1 aliphatic carbocycles. The van der Waals surface area contributed by atoms with Gasteiger partial charge in [-0.1, -0.05) is 19.3 Å². The van der Waals surface area contributed by atoms with E-state index >= 15 is 0 Å². The van der Waals surface area contributed by atoms with Crippen molar-refractivity contribution < 1.29 is 4.79 Å². The number of halogens is 1. The Morgan fingerprint density at radius 1 is 1.20 bits per heavy atom. The molecule has 10 heteroatoms. The van der Waals surface area contributed by atoms with Gasteiger partial charge in [0.05, 0.1) is 28.6 Å². The van der Waals surface area contributed by atoms with Crippen molar-refractivity contribution in [1.29, 1.82) is 0 Å². The topological polar surface area (TPSA) is 63.9 Å². The third-order valence-corrected chi connectivity index (χ3v) is 5.54. The van der Waals surface area contributed by atoms with Gasteiger partial charge in [-0.05, 0) is 37.0 Å². The van der Waals surface area contributed by atoms with E-state index in [4.69, 9.17) is 23.5 Å². The van der Waals surface area contributed by atoms with Crippen LogP contribution in [-0.2, 0) is 0 Å². The first-order valence-corrected chi connectivity index (χ1v) is 9.09. The zero-order valence-corrected chi connectivity index (χ0v) is 16.1. The average Bonchev–Trinajstić information content (AvgIpc) is 2.86. The second-order valence-electron chi connectivity index (χ2n) is 6.18. The minimum Gasteiger partial charge on any atom is -0.290 e. The summed E-state index contributed by atoms with van der Waals surface area (Å²) in [5, 5.41) is 0. The first kappa shape index (κ1) is 18.5. The Morgan fingerprint density at radius 2 is 1.88 bits per heavy atom. The summed E-state index contributed by atoms with van der Waals surface area (Å²) in [6.07, 6.45) is 5.55. The molecule has 0 atom stereocenters. The van der Waals surface area contributed by atoms with E-state index in [2.05, 4.69) is 37.8 Å². The van der Waals surface area contributed by atoms with E-state index in [1.54, 1.807) is 16.1 Å². The van der Waals surface area contributed by atoms with Crippen molar-refractivity contribution in [3.63, 3.8) is 0 Å². The van der Waals surface area contributed by atoms with Crippen LogP contribution < -0.4 is 16.9 Å². The van der Waals surface area contributed by atoms with Gasteiger partial charge < -0.3 is 0 Å². The van der Waals surface area contributed by atoms with E-state index < -0.39 is 0 Å². The monoisotopic (exact) mass is 441 g/mol. The smallest absolute Gasteiger partial charge is 0.281 e. The molecule has 122 valence electrons. The summed E-state index contributed by atoms with van der Waals surface area (Å²) in [5.74, 6) is 0.0421. The minimum absolute atomic E-state index is 0.0811. The number of aromatic nitrogens is 4. The van der Waals surface area contributed by atoms with Gasteiger partial charge in [0.1, 0.15) is 21.4 Å². The van der Waals surface area contributed by atoms with E-state index in [1.807, 2.05) is 0 Å². The summed E-state index contributed by atoms with van der Waals surface area (Å²) in [4.78, 5) is 25.5. The van der Waals surface area contributed by atoms with Crippen molar-refractivity contribution >= 4 is 69.2 Å². The van der Waals surface area contributed by atoms with Gasteiger partial charge in [-0.15, -0.1) is 0 Å². The van der Waals surface area contributed by atoms with Crippen LogP contribution in [0.1, 0.15) is 48.3 Å². The highest BCUT2D eigenvalue weighted by atomic mass is 127. The largest absolute Gasteiger partial charge is 0.290 e. The number of carbonyl (C=O) groups excluding carboxylic acids is 1. The molecule has 2 heterocycles. The maximum atomic E-state index is 12.9. The average molecular weight is 441 g/mol. The fraction of sp³-hybridized carbons (Fsp3) is 0.467. The first-order chi connectivity index (χ1) is 11.9. The summed E-state index contributed by atoms with van der Waals surface area (Å²) in [6, 6.07) is 1.90. The molecule has 1 aliphatic rings. The fourth-order valence-electron chi connectivity index (χ4n) is 3.02. The molecule has 2 aromatic rings. The zero-order chi connectivity index (χ0) is 18.1. The van der Waals surface area contributed by atoms with Gasteiger partial charge in [-0.3, -0.25) is 17.5 Å². The standard InChI is InChI=1S/C15H15B3IN5O/c1-8-7-10(13(25)24(19)9-5-3-2-4-6-9)21-15(20-8)23-12(17)11(16)22-14(23)18/h7,9H,2-6H2,1H3. The summed E-state index contributed by atoms with van der Waals surface area (Å²) in [5.41, 5.74) is 1.27. The molecule has 0 saturated heterocycles. The molecule has 1 saturated carbocycles. The van der Waals surface area contributed by atoms with Gasteiger partial charge >= 0.3 is 0 Å². The molecule has 0 unspecified atom stereocenters. The zero-order valence-electron chi connectivity index (χ0n) is 13.9. The molecule has 25 heavy (non-hydrogen) atoms. The van der Waals surface area contributed by atoms with Crippen molar-refractivity contribution in [1.82, 2.24) is 22.6 Å². The van der Waals surface area contributed by atoms with Crippen molar-refractivity contribution in [2.45, 2.75) is 45.1 Å². The van der Waals surface area contributed by atoms with Gasteiger partial charge in [-0.25, -0.2) is 9.97 Å². The Hall–Kier alpha value is -1.32. The third kappa shape index (κ3) is 3.78. The van der Waals surface area contributed by atoms with Gasteiger partial charge in [0.25, 0.3) is 5.91 Å². The molecule has 6 nitrogen and oxygen atoms in total. The lowest BCUT2D eigenvalue weighted by atomic mass is 9.91. The summed E-state index contributed by atoms with van der Waals surface area (Å²) in [7, 11) is 17.4. The van der Waals surface area contributed by atoms with Gasteiger partial charge in [0.2, 0.25) is 5.95 Å². The van der Waals surface area contributed by atoms with Crippen LogP contribution in [0.5, 0.6) is 0 Å². The molecular weight excluding hydrogens is 426 g/mol. The normalized spacial score (nSPS) is 15.3. The fourth-order valence-corrected chi connectivity index (χ4v) is 3.83. The maximum absolute atomic E-state index is 12.9. The Kier molecular flexibility index (Phi) is 5.55. The minimum atomic E-state index is -0.149. The van der Waals surface area contributed by atoms with Crippen molar-refractivity contribution in [3.8, 4) is 5.95 Å². The molecule has 0 N–H and O–H groups in total. The molecule has 6 radical (unpaired) electrons. The van der Waals surface area contributed by atoms with Crippen molar-refractivity contribution in [2.24, 2.45) is 0 Å². The van der Waals surface area contributed by atoms with Gasteiger partial charge in [-0.2, -0.15) is 0 Å². The highest BCUT2D eigenvalue weighted by molar-refractivity contribution is 14.1. The number of hydrogen-bond acceptors (Lipinski definition) is 4. The van der Waals surface area contributed by atoms with E-state index in [-0.39, 0.29) is 34.8 Å². The Morgan fingerprint density at radius 3 is 2.48 bits per heavy atom. The number of nitrogens with zero attached hydrogens (tertiary/aromatic N) is 5. The second-order valence-corrected chi connectivity index (χ2v) is 7.22. The molecule has 3 rings (SSSR count). The van der Waals surface area contributed by atoms with Crippen molar-refractivity contribution in [3.05, 3.63) is 17.5 Å². The SMILES string of the molecule is [B]c1nc([B])n(-c2nc(C)cc(C(=O)N(I)C3CCCCC3)n2)c1[B]. The molecule has 1 amide bonds. The molecule has 1 fully saturated rings. The highest BCUT2D eigenvalue weighted by Crippen LogP contribution is 2.26. The Labute approximate surface area is 164 Å². The quantitative estimate of drug-likeness (QED) is 0.366. The van der Waals surface area contributed by atoms with E-state index in [1.165, 1.54) is 11.0 Å². The number of aryl methyl sites for hydroxylation is 1. The predicted molar refractivity (Wildman–Crippen MR) is 107 cm³/mol. The Bertz CT molecular complexity index is 807. The number of hydrogen-bond donors (Lipinski definition) is 0. The second kappa shape index (κ2) is 7.51. The van der Waals surface area contributed by atoms with Gasteiger partial charge in [0.15, 0.2) is 7.85 Å². The van der Waals surface area contributed by atoms with Crippen LogP contribution in [-0.4, -0.2) is 58.1 Å². The first-order valence-electron chi connectivity index (χ1n) is 8.13. The van der Waals surface area contributed by atoms with E-state index in [0.29, 0.717) is 11.4 Å². The van der Waals surface area contributed by atoms with Crippen LogP contribution in [0.25, 0.3) is 5.95 Å². The Balaban J connectivity index is 1.95. The van der Waals surface area contributed by atoms with E-state index in [9.17, 15) is 4.79 Å². The third-order valence-electron chi connectivity index (χ3n) is 4.32. The van der Waals surface area contributed by atoms with Crippen LogP contribution in [0.4, 0.5) is 0 Å². The van der Waals surface area contributed by atoms with Crippen molar-refractivity contribution in [2.75, 3.05) is 0 Å². The van der Waals surface area contributed by atoms with Crippen LogP contribution in [0.2, 0.25) is 0 Å². The number of rotatable bonds is 3. The van der Waals surface area contributed by atoms with Gasteiger partial charge in [0, 0.05) is 11.7 Å². The predicted octanol–water partition coefficient (Wildman–Crippen LogP) is -0.523. The number of carbonyl (C=O) groups is 1. The van der Waals surface area contributed by atoms with Crippen LogP contribution >= 0.6 is 22.9 Å². The number of imidazole rings is 1. The molecule has 0 bridgehead atoms. The van der Waals surface area contributed by atoms with Crippen LogP contribution in [0.3, 0.4) is 0 Å². The molecule has 0 aliphatic heterocycles. The highest BCUT2D eigenvalue weighted by Gasteiger charge is 2.26. The molecule has 0 aromatic carbocycles. The summed E-state index contributed by atoms with van der Waals surface area (Å²) < 4.78 is 3.09. The summed E-state index contributed by atoms with van der Waals surface area (Å²) in [6.45, 7) is 1.78.